The molecule has 1 unspecified atom stereocenters. The summed E-state index contributed by atoms with van der Waals surface area (Å²) >= 11 is 0. The van der Waals surface area contributed by atoms with Crippen LogP contribution >= 0.6 is 0 Å². The van der Waals surface area contributed by atoms with Gasteiger partial charge in [0, 0.05) is 18.7 Å². The molecule has 1 aromatic carbocycles. The van der Waals surface area contributed by atoms with E-state index in [1.807, 2.05) is 4.90 Å². The molecule has 0 bridgehead atoms. The second-order valence-electron chi connectivity index (χ2n) is 4.94. The van der Waals surface area contributed by atoms with Crippen LogP contribution in [0.25, 0.3) is 0 Å². The van der Waals surface area contributed by atoms with Crippen LogP contribution < -0.4 is 4.90 Å². The first-order chi connectivity index (χ1) is 9.54. The van der Waals surface area contributed by atoms with Crippen molar-refractivity contribution in [1.82, 2.24) is 0 Å². The van der Waals surface area contributed by atoms with Crippen LogP contribution in [0.3, 0.4) is 0 Å². The molecule has 0 N–H and O–H groups in total. The summed E-state index contributed by atoms with van der Waals surface area (Å²) in [7, 11) is 0. The highest BCUT2D eigenvalue weighted by Gasteiger charge is 2.28. The summed E-state index contributed by atoms with van der Waals surface area (Å²) in [6.45, 7) is 2.82. The van der Waals surface area contributed by atoms with E-state index in [2.05, 4.69) is 6.92 Å². The number of hydrogen-bond acceptors (Lipinski definition) is 5. The topological polar surface area (TPSA) is 89.5 Å². The third kappa shape index (κ3) is 2.71. The molecule has 0 radical (unpaired) electrons. The van der Waals surface area contributed by atoms with E-state index < -0.39 is 9.85 Å². The van der Waals surface area contributed by atoms with Crippen molar-refractivity contribution < 1.29 is 9.85 Å². The van der Waals surface area contributed by atoms with Crippen LogP contribution in [-0.2, 0) is 0 Å². The van der Waals surface area contributed by atoms with Crippen LogP contribution in [0.15, 0.2) is 18.2 Å². The number of hydrogen-bond donors (Lipinski definition) is 0. The van der Waals surface area contributed by atoms with Gasteiger partial charge in [0.05, 0.1) is 15.9 Å². The van der Waals surface area contributed by atoms with Crippen molar-refractivity contribution in [2.75, 3.05) is 11.4 Å². The van der Waals surface area contributed by atoms with Gasteiger partial charge in [0.25, 0.3) is 11.4 Å². The lowest BCUT2D eigenvalue weighted by molar-refractivity contribution is -0.393. The molecule has 1 atom stereocenters. The van der Waals surface area contributed by atoms with E-state index in [0.29, 0.717) is 5.69 Å². The van der Waals surface area contributed by atoms with Crippen molar-refractivity contribution in [1.29, 1.82) is 0 Å². The van der Waals surface area contributed by atoms with Crippen molar-refractivity contribution in [3.8, 4) is 0 Å². The molecular weight excluding hydrogens is 262 g/mol. The average Bonchev–Trinajstić information content (AvgIpc) is 2.46. The number of nitro groups is 2. The van der Waals surface area contributed by atoms with Crippen molar-refractivity contribution in [2.45, 2.75) is 38.6 Å². The molecule has 0 aromatic heterocycles. The highest BCUT2D eigenvalue weighted by molar-refractivity contribution is 5.67. The molecule has 1 aliphatic rings. The average molecular weight is 279 g/mol. The molecule has 1 saturated heterocycles. The Hall–Kier alpha value is -2.18. The standard InChI is InChI=1S/C13H17N3O4/c1-2-10-5-3-4-8-14(10)12-7-6-11(15(17)18)9-13(12)16(19)20/h6-7,9-10H,2-5,8H2,1H3. The lowest BCUT2D eigenvalue weighted by atomic mass is 9.99. The van der Waals surface area contributed by atoms with Crippen LogP contribution in [0.1, 0.15) is 32.6 Å². The number of anilines is 1. The SMILES string of the molecule is CCC1CCCCN1c1ccc([N+](=O)[O-])cc1[N+](=O)[O-]. The second kappa shape index (κ2) is 5.85. The number of benzene rings is 1. The fourth-order valence-corrected chi connectivity index (χ4v) is 2.76. The molecule has 7 heteroatoms. The predicted molar refractivity (Wildman–Crippen MR) is 75.0 cm³/mol. The highest BCUT2D eigenvalue weighted by Crippen LogP contribution is 2.36. The Morgan fingerprint density at radius 1 is 1.25 bits per heavy atom. The maximum Gasteiger partial charge on any atom is 0.299 e. The van der Waals surface area contributed by atoms with Crippen molar-refractivity contribution in [2.24, 2.45) is 0 Å². The van der Waals surface area contributed by atoms with Gasteiger partial charge in [-0.2, -0.15) is 0 Å². The van der Waals surface area contributed by atoms with Gasteiger partial charge in [-0.05, 0) is 31.7 Å². The van der Waals surface area contributed by atoms with Gasteiger partial charge >= 0.3 is 0 Å². The molecular formula is C13H17N3O4. The minimum atomic E-state index is -0.607. The largest absolute Gasteiger partial charge is 0.363 e. The predicted octanol–water partition coefficient (Wildman–Crippen LogP) is 3.27. The van der Waals surface area contributed by atoms with E-state index in [1.54, 1.807) is 0 Å². The minimum absolute atomic E-state index is 0.181. The van der Waals surface area contributed by atoms with E-state index in [0.717, 1.165) is 38.3 Å². The number of nitrogens with zero attached hydrogens (tertiary/aromatic N) is 3. The zero-order valence-electron chi connectivity index (χ0n) is 11.3. The lowest BCUT2D eigenvalue weighted by Gasteiger charge is -2.36. The molecule has 7 nitrogen and oxygen atoms in total. The first-order valence-corrected chi connectivity index (χ1v) is 6.74. The summed E-state index contributed by atoms with van der Waals surface area (Å²) in [5.74, 6) is 0. The lowest BCUT2D eigenvalue weighted by Crippen LogP contribution is -2.39. The molecule has 1 fully saturated rings. The Morgan fingerprint density at radius 3 is 2.60 bits per heavy atom. The third-order valence-electron chi connectivity index (χ3n) is 3.77. The molecule has 1 aromatic rings. The quantitative estimate of drug-likeness (QED) is 0.623. The van der Waals surface area contributed by atoms with Crippen LogP contribution in [0.4, 0.5) is 17.1 Å². The van der Waals surface area contributed by atoms with E-state index in [-0.39, 0.29) is 17.4 Å². The Kier molecular flexibility index (Phi) is 4.16. The number of piperidine rings is 1. The van der Waals surface area contributed by atoms with Crippen LogP contribution in [-0.4, -0.2) is 22.4 Å². The summed E-state index contributed by atoms with van der Waals surface area (Å²) in [5, 5.41) is 21.9. The number of nitro benzene ring substituents is 2. The summed E-state index contributed by atoms with van der Waals surface area (Å²) < 4.78 is 0. The highest BCUT2D eigenvalue weighted by atomic mass is 16.6. The molecule has 20 heavy (non-hydrogen) atoms. The third-order valence-corrected chi connectivity index (χ3v) is 3.77. The van der Waals surface area contributed by atoms with Gasteiger partial charge in [0.1, 0.15) is 5.69 Å². The Balaban J connectivity index is 2.44. The molecule has 1 heterocycles. The van der Waals surface area contributed by atoms with E-state index in [1.165, 1.54) is 12.1 Å². The normalized spacial score (nSPS) is 18.9. The van der Waals surface area contributed by atoms with Crippen molar-refractivity contribution in [3.05, 3.63) is 38.4 Å². The fourth-order valence-electron chi connectivity index (χ4n) is 2.76. The maximum atomic E-state index is 11.2. The fraction of sp³-hybridized carbons (Fsp3) is 0.538. The van der Waals surface area contributed by atoms with Gasteiger partial charge in [0.2, 0.25) is 0 Å². The van der Waals surface area contributed by atoms with E-state index >= 15 is 0 Å². The van der Waals surface area contributed by atoms with E-state index in [9.17, 15) is 20.2 Å². The first kappa shape index (κ1) is 14.2. The minimum Gasteiger partial charge on any atom is -0.363 e. The summed E-state index contributed by atoms with van der Waals surface area (Å²) in [6, 6.07) is 4.16. The van der Waals surface area contributed by atoms with Gasteiger partial charge in [-0.3, -0.25) is 20.2 Å². The number of rotatable bonds is 4. The van der Waals surface area contributed by atoms with Crippen molar-refractivity contribution in [3.63, 3.8) is 0 Å². The molecule has 108 valence electrons. The van der Waals surface area contributed by atoms with Gasteiger partial charge in [-0.15, -0.1) is 0 Å². The van der Waals surface area contributed by atoms with Gasteiger partial charge in [0.15, 0.2) is 0 Å². The molecule has 0 amide bonds. The Bertz CT molecular complexity index is 532. The molecule has 0 spiro atoms. The molecule has 0 saturated carbocycles. The molecule has 2 rings (SSSR count). The second-order valence-corrected chi connectivity index (χ2v) is 4.94. The van der Waals surface area contributed by atoms with Gasteiger partial charge in [-0.1, -0.05) is 6.92 Å². The zero-order chi connectivity index (χ0) is 14.7. The Morgan fingerprint density at radius 2 is 2.00 bits per heavy atom. The van der Waals surface area contributed by atoms with E-state index in [4.69, 9.17) is 0 Å². The van der Waals surface area contributed by atoms with Crippen molar-refractivity contribution >= 4 is 17.1 Å². The summed E-state index contributed by atoms with van der Waals surface area (Å²) in [5.41, 5.74) is 0.0669. The van der Waals surface area contributed by atoms with Crippen LogP contribution in [0, 0.1) is 20.2 Å². The van der Waals surface area contributed by atoms with Crippen LogP contribution in [0.2, 0.25) is 0 Å². The molecule has 0 aliphatic carbocycles. The summed E-state index contributed by atoms with van der Waals surface area (Å²) in [4.78, 5) is 22.8. The first-order valence-electron chi connectivity index (χ1n) is 6.74. The smallest absolute Gasteiger partial charge is 0.299 e. The number of non-ortho nitro benzene ring substituents is 1. The summed E-state index contributed by atoms with van der Waals surface area (Å²) in [6.07, 6.45) is 4.03. The maximum absolute atomic E-state index is 11.2. The van der Waals surface area contributed by atoms with Gasteiger partial charge in [-0.25, -0.2) is 0 Å². The zero-order valence-corrected chi connectivity index (χ0v) is 11.3. The monoisotopic (exact) mass is 279 g/mol. The van der Waals surface area contributed by atoms with Crippen LogP contribution in [0.5, 0.6) is 0 Å². The Labute approximate surface area is 116 Å². The molecule has 1 aliphatic heterocycles. The van der Waals surface area contributed by atoms with Gasteiger partial charge < -0.3 is 4.90 Å².